The van der Waals surface area contributed by atoms with Crippen molar-refractivity contribution in [3.8, 4) is 0 Å². The Hall–Kier alpha value is -2.16. The lowest BCUT2D eigenvalue weighted by atomic mass is 9.98. The van der Waals surface area contributed by atoms with E-state index in [2.05, 4.69) is 17.5 Å². The van der Waals surface area contributed by atoms with Gasteiger partial charge in [0.15, 0.2) is 0 Å². The molecule has 0 radical (unpaired) electrons. The molecule has 0 spiro atoms. The van der Waals surface area contributed by atoms with Crippen LogP contribution >= 0.6 is 11.3 Å². The lowest BCUT2D eigenvalue weighted by Gasteiger charge is -2.26. The van der Waals surface area contributed by atoms with Gasteiger partial charge in [0.25, 0.3) is 0 Å². The van der Waals surface area contributed by atoms with Gasteiger partial charge >= 0.3 is 0 Å². The molecule has 156 valence electrons. The predicted octanol–water partition coefficient (Wildman–Crippen LogP) is 1.91. The smallest absolute Gasteiger partial charge is 0.248 e. The van der Waals surface area contributed by atoms with Gasteiger partial charge in [-0.25, -0.2) is 0 Å². The average Bonchev–Trinajstić information content (AvgIpc) is 3.48. The van der Waals surface area contributed by atoms with Crippen LogP contribution in [0.5, 0.6) is 0 Å². The lowest BCUT2D eigenvalue weighted by Crippen LogP contribution is -2.37. The third-order valence-corrected chi connectivity index (χ3v) is 7.22. The number of nitrogens with two attached hydrogens (primary N) is 1. The number of methoxy groups -OCH3 is 1. The van der Waals surface area contributed by atoms with Gasteiger partial charge in [-0.1, -0.05) is 5.57 Å². The molecule has 1 saturated carbocycles. The molecule has 4 rings (SSSR count). The molecule has 2 aliphatic carbocycles. The molecule has 0 aromatic carbocycles. The van der Waals surface area contributed by atoms with Crippen molar-refractivity contribution in [1.29, 1.82) is 0 Å². The summed E-state index contributed by atoms with van der Waals surface area (Å²) in [6.07, 6.45) is 7.66. The molecule has 1 aromatic heterocycles. The van der Waals surface area contributed by atoms with Crippen LogP contribution in [0.4, 0.5) is 5.00 Å². The topological polar surface area (TPSA) is 105 Å². The molecule has 2 heterocycles. The highest BCUT2D eigenvalue weighted by atomic mass is 32.1. The fraction of sp³-hybridized carbons (Fsp3) is 0.524. The van der Waals surface area contributed by atoms with Gasteiger partial charge in [-0.15, -0.1) is 11.3 Å². The van der Waals surface area contributed by atoms with E-state index in [0.29, 0.717) is 32.0 Å². The van der Waals surface area contributed by atoms with Gasteiger partial charge in [0.1, 0.15) is 17.4 Å². The van der Waals surface area contributed by atoms with Gasteiger partial charge in [0, 0.05) is 29.4 Å². The van der Waals surface area contributed by atoms with Crippen LogP contribution in [0.15, 0.2) is 23.5 Å². The van der Waals surface area contributed by atoms with E-state index in [-0.39, 0.29) is 17.7 Å². The molecule has 4 N–H and O–H groups in total. The molecular formula is C21H27N3O4S. The third kappa shape index (κ3) is 3.97. The number of anilines is 1. The Bertz CT molecular complexity index is 889. The normalized spacial score (nSPS) is 23.1. The first-order valence-corrected chi connectivity index (χ1v) is 10.8. The van der Waals surface area contributed by atoms with Crippen molar-refractivity contribution in [3.63, 3.8) is 0 Å². The first kappa shape index (κ1) is 20.1. The summed E-state index contributed by atoms with van der Waals surface area (Å²) in [7, 11) is 1.67. The molecule has 1 aromatic rings. The zero-order valence-electron chi connectivity index (χ0n) is 16.6. The van der Waals surface area contributed by atoms with Crippen molar-refractivity contribution in [2.45, 2.75) is 38.8 Å². The number of thiophene rings is 1. The van der Waals surface area contributed by atoms with E-state index in [9.17, 15) is 9.59 Å². The quantitative estimate of drug-likeness (QED) is 0.656. The average molecular weight is 418 g/mol. The largest absolute Gasteiger partial charge is 0.497 e. The highest BCUT2D eigenvalue weighted by molar-refractivity contribution is 7.16. The molecule has 2 atom stereocenters. The molecule has 2 amide bonds. The summed E-state index contributed by atoms with van der Waals surface area (Å²) in [5.74, 6) is 0.948. The zero-order valence-corrected chi connectivity index (χ0v) is 17.4. The summed E-state index contributed by atoms with van der Waals surface area (Å²) < 4.78 is 5.33. The first-order chi connectivity index (χ1) is 14.0. The Morgan fingerprint density at radius 2 is 2.24 bits per heavy atom. The number of hydrogen-bond acceptors (Lipinski definition) is 6. The first-order valence-electron chi connectivity index (χ1n) is 10.0. The van der Waals surface area contributed by atoms with Crippen molar-refractivity contribution in [3.05, 3.63) is 39.5 Å². The van der Waals surface area contributed by atoms with Gasteiger partial charge in [-0.05, 0) is 49.3 Å². The number of nitrogens with one attached hydrogen (secondary N) is 1. The number of rotatable bonds is 6. The van der Waals surface area contributed by atoms with Crippen molar-refractivity contribution in [2.24, 2.45) is 17.6 Å². The number of nitrogens with zero attached hydrogens (tertiary/aromatic N) is 1. The number of aliphatic hydroxyl groups excluding tert-OH is 1. The van der Waals surface area contributed by atoms with Crippen LogP contribution in [0.25, 0.3) is 0 Å². The van der Waals surface area contributed by atoms with Crippen LogP contribution in [0.1, 0.15) is 35.3 Å². The molecule has 7 nitrogen and oxygen atoms in total. The molecule has 0 bridgehead atoms. The summed E-state index contributed by atoms with van der Waals surface area (Å²) in [4.78, 5) is 27.4. The van der Waals surface area contributed by atoms with Crippen LogP contribution < -0.4 is 11.1 Å². The van der Waals surface area contributed by atoms with E-state index in [1.165, 1.54) is 16.9 Å². The summed E-state index contributed by atoms with van der Waals surface area (Å²) in [6.45, 7) is 0.911. The SMILES string of the molecule is COC1=CCCC(C2CC2C(=O)Nc2sc3c(c2CN)CCN(C(=O)CO)C3)=C1. The van der Waals surface area contributed by atoms with E-state index in [0.717, 1.165) is 46.0 Å². The van der Waals surface area contributed by atoms with Gasteiger partial charge in [-0.2, -0.15) is 0 Å². The number of allylic oxidation sites excluding steroid dienone is 3. The fourth-order valence-electron chi connectivity index (χ4n) is 4.33. The number of hydrogen-bond donors (Lipinski definition) is 3. The Labute approximate surface area is 174 Å². The Balaban J connectivity index is 1.45. The van der Waals surface area contributed by atoms with E-state index in [1.54, 1.807) is 12.0 Å². The number of aliphatic hydroxyl groups is 1. The predicted molar refractivity (Wildman–Crippen MR) is 111 cm³/mol. The van der Waals surface area contributed by atoms with Crippen LogP contribution in [0.3, 0.4) is 0 Å². The minimum atomic E-state index is -0.479. The number of amides is 2. The molecule has 1 aliphatic heterocycles. The van der Waals surface area contributed by atoms with Crippen LogP contribution in [-0.4, -0.2) is 42.1 Å². The molecule has 2 unspecified atom stereocenters. The lowest BCUT2D eigenvalue weighted by molar-refractivity contribution is -0.135. The Morgan fingerprint density at radius 1 is 1.41 bits per heavy atom. The number of carbonyl (C=O) groups is 2. The fourth-order valence-corrected chi connectivity index (χ4v) is 5.62. The minimum Gasteiger partial charge on any atom is -0.497 e. The standard InChI is InChI=1S/C21H27N3O4S/c1-28-13-4-2-3-12(7-13)15-8-16(15)20(27)23-21-17(9-22)14-5-6-24(19(26)11-25)10-18(14)29-21/h4,7,15-16,25H,2-3,5-6,8-11,22H2,1H3,(H,23,27). The maximum Gasteiger partial charge on any atom is 0.248 e. The van der Waals surface area contributed by atoms with Crippen LogP contribution in [0, 0.1) is 11.8 Å². The second-order valence-corrected chi connectivity index (χ2v) is 8.85. The zero-order chi connectivity index (χ0) is 20.5. The number of ether oxygens (including phenoxy) is 1. The summed E-state index contributed by atoms with van der Waals surface area (Å²) in [6, 6.07) is 0. The highest BCUT2D eigenvalue weighted by Crippen LogP contribution is 2.48. The highest BCUT2D eigenvalue weighted by Gasteiger charge is 2.45. The van der Waals surface area contributed by atoms with Crippen molar-refractivity contribution in [1.82, 2.24) is 4.90 Å². The molecule has 8 heteroatoms. The monoisotopic (exact) mass is 417 g/mol. The number of carbonyl (C=O) groups excluding carboxylic acids is 2. The Kier molecular flexibility index (Phi) is 5.76. The maximum absolute atomic E-state index is 12.9. The molecule has 1 fully saturated rings. The van der Waals surface area contributed by atoms with Gasteiger partial charge < -0.3 is 25.8 Å². The summed E-state index contributed by atoms with van der Waals surface area (Å²) in [5, 5.41) is 13.0. The second kappa shape index (κ2) is 8.30. The van der Waals surface area contributed by atoms with Crippen molar-refractivity contribution < 1.29 is 19.4 Å². The van der Waals surface area contributed by atoms with E-state index >= 15 is 0 Å². The number of fused-ring (bicyclic) bond motifs is 1. The third-order valence-electron chi connectivity index (χ3n) is 6.04. The van der Waals surface area contributed by atoms with Gasteiger partial charge in [0.2, 0.25) is 11.8 Å². The van der Waals surface area contributed by atoms with E-state index < -0.39 is 6.61 Å². The summed E-state index contributed by atoms with van der Waals surface area (Å²) in [5.41, 5.74) is 9.41. The second-order valence-electron chi connectivity index (χ2n) is 7.75. The van der Waals surface area contributed by atoms with E-state index in [1.807, 2.05) is 0 Å². The van der Waals surface area contributed by atoms with Gasteiger partial charge in [-0.3, -0.25) is 9.59 Å². The maximum atomic E-state index is 12.9. The van der Waals surface area contributed by atoms with Crippen molar-refractivity contribution >= 4 is 28.2 Å². The van der Waals surface area contributed by atoms with Gasteiger partial charge in [0.05, 0.1) is 13.7 Å². The Morgan fingerprint density at radius 3 is 2.97 bits per heavy atom. The minimum absolute atomic E-state index is 0.00493. The molecule has 3 aliphatic rings. The van der Waals surface area contributed by atoms with E-state index in [4.69, 9.17) is 15.6 Å². The molecular weight excluding hydrogens is 390 g/mol. The van der Waals surface area contributed by atoms with Crippen molar-refractivity contribution in [2.75, 3.05) is 25.6 Å². The van der Waals surface area contributed by atoms with Crippen LogP contribution in [-0.2, 0) is 33.8 Å². The summed E-state index contributed by atoms with van der Waals surface area (Å²) >= 11 is 1.50. The molecule has 29 heavy (non-hydrogen) atoms. The molecule has 0 saturated heterocycles. The van der Waals surface area contributed by atoms with Crippen LogP contribution in [0.2, 0.25) is 0 Å².